The summed E-state index contributed by atoms with van der Waals surface area (Å²) in [6.07, 6.45) is 0.584. The topological polar surface area (TPSA) is 39.9 Å². The Morgan fingerprint density at radius 1 is 1.69 bits per heavy atom. The number of hydrogen-bond donors (Lipinski definition) is 0. The highest BCUT2D eigenvalue weighted by Gasteiger charge is 2.02. The lowest BCUT2D eigenvalue weighted by Gasteiger charge is -2.11. The molecule has 0 atom stereocenters. The minimum atomic E-state index is 0.584. The monoisotopic (exact) mass is 195 g/mol. The molecule has 1 aromatic rings. The lowest BCUT2D eigenvalue weighted by atomic mass is 10.4. The molecule has 1 rings (SSSR count). The van der Waals surface area contributed by atoms with Crippen molar-refractivity contribution in [3.05, 3.63) is 16.1 Å². The molecular formula is C9H13N3S. The van der Waals surface area contributed by atoms with Crippen LogP contribution in [0.1, 0.15) is 17.1 Å². The number of thiazole rings is 1. The van der Waals surface area contributed by atoms with Crippen molar-refractivity contribution in [2.24, 2.45) is 0 Å². The summed E-state index contributed by atoms with van der Waals surface area (Å²) in [5, 5.41) is 11.6. The van der Waals surface area contributed by atoms with Gasteiger partial charge in [0.15, 0.2) is 0 Å². The van der Waals surface area contributed by atoms with Crippen molar-refractivity contribution in [1.82, 2.24) is 9.88 Å². The van der Waals surface area contributed by atoms with E-state index in [1.807, 2.05) is 19.4 Å². The van der Waals surface area contributed by atoms with E-state index in [0.717, 1.165) is 23.8 Å². The van der Waals surface area contributed by atoms with Gasteiger partial charge in [0.2, 0.25) is 0 Å². The van der Waals surface area contributed by atoms with Gasteiger partial charge in [-0.2, -0.15) is 5.26 Å². The quantitative estimate of drug-likeness (QED) is 0.735. The molecule has 0 fully saturated rings. The van der Waals surface area contributed by atoms with E-state index < -0.39 is 0 Å². The Labute approximate surface area is 82.6 Å². The fraction of sp³-hybridized carbons (Fsp3) is 0.556. The van der Waals surface area contributed by atoms with Crippen LogP contribution in [0.25, 0.3) is 0 Å². The molecule has 0 saturated carbocycles. The number of rotatable bonds is 4. The van der Waals surface area contributed by atoms with Crippen LogP contribution in [0.5, 0.6) is 0 Å². The first-order valence-electron chi connectivity index (χ1n) is 4.19. The highest BCUT2D eigenvalue weighted by atomic mass is 32.1. The van der Waals surface area contributed by atoms with Gasteiger partial charge in [-0.05, 0) is 14.0 Å². The fourth-order valence-corrected chi connectivity index (χ4v) is 1.88. The summed E-state index contributed by atoms with van der Waals surface area (Å²) in [6.45, 7) is 3.66. The van der Waals surface area contributed by atoms with Gasteiger partial charge in [-0.1, -0.05) is 0 Å². The summed E-state index contributed by atoms with van der Waals surface area (Å²) >= 11 is 1.68. The van der Waals surface area contributed by atoms with E-state index >= 15 is 0 Å². The molecule has 0 radical (unpaired) electrons. The maximum atomic E-state index is 8.40. The predicted octanol–water partition coefficient (Wildman–Crippen LogP) is 1.80. The number of aromatic nitrogens is 1. The molecule has 0 N–H and O–H groups in total. The standard InChI is InChI=1S/C9H13N3S/c1-8-7-13-9(11-8)6-12(2)5-3-4-10/h7H,3,5-6H2,1-2H3. The highest BCUT2D eigenvalue weighted by Crippen LogP contribution is 2.10. The highest BCUT2D eigenvalue weighted by molar-refractivity contribution is 7.09. The van der Waals surface area contributed by atoms with Gasteiger partial charge >= 0.3 is 0 Å². The first-order chi connectivity index (χ1) is 6.22. The van der Waals surface area contributed by atoms with Crippen LogP contribution < -0.4 is 0 Å². The van der Waals surface area contributed by atoms with Crippen molar-refractivity contribution in [1.29, 1.82) is 5.26 Å². The molecule has 0 amide bonds. The van der Waals surface area contributed by atoms with Gasteiger partial charge < -0.3 is 0 Å². The number of nitriles is 1. The van der Waals surface area contributed by atoms with E-state index in [0.29, 0.717) is 6.42 Å². The maximum absolute atomic E-state index is 8.40. The Kier molecular flexibility index (Phi) is 3.87. The molecule has 0 bridgehead atoms. The van der Waals surface area contributed by atoms with E-state index in [4.69, 9.17) is 5.26 Å². The lowest BCUT2D eigenvalue weighted by molar-refractivity contribution is 0.334. The minimum Gasteiger partial charge on any atom is -0.299 e. The average molecular weight is 195 g/mol. The maximum Gasteiger partial charge on any atom is 0.107 e. The average Bonchev–Trinajstić information content (AvgIpc) is 2.48. The third-order valence-electron chi connectivity index (χ3n) is 1.68. The zero-order valence-corrected chi connectivity index (χ0v) is 8.77. The van der Waals surface area contributed by atoms with E-state index in [1.54, 1.807) is 11.3 Å². The third kappa shape index (κ3) is 3.53. The minimum absolute atomic E-state index is 0.584. The van der Waals surface area contributed by atoms with Gasteiger partial charge in [0.25, 0.3) is 0 Å². The Hall–Kier alpha value is -0.920. The molecule has 70 valence electrons. The molecule has 0 unspecified atom stereocenters. The molecular weight excluding hydrogens is 182 g/mol. The molecule has 13 heavy (non-hydrogen) atoms. The summed E-state index contributed by atoms with van der Waals surface area (Å²) in [4.78, 5) is 6.47. The number of nitrogens with zero attached hydrogens (tertiary/aromatic N) is 3. The largest absolute Gasteiger partial charge is 0.299 e. The second-order valence-electron chi connectivity index (χ2n) is 3.03. The second kappa shape index (κ2) is 4.95. The third-order valence-corrected chi connectivity index (χ3v) is 2.63. The van der Waals surface area contributed by atoms with Crippen molar-refractivity contribution in [2.75, 3.05) is 13.6 Å². The molecule has 0 spiro atoms. The van der Waals surface area contributed by atoms with Crippen LogP contribution in [0.3, 0.4) is 0 Å². The Balaban J connectivity index is 2.37. The van der Waals surface area contributed by atoms with Gasteiger partial charge in [0, 0.05) is 24.0 Å². The van der Waals surface area contributed by atoms with Gasteiger partial charge in [0.1, 0.15) is 5.01 Å². The van der Waals surface area contributed by atoms with Crippen molar-refractivity contribution >= 4 is 11.3 Å². The molecule has 1 aromatic heterocycles. The fourth-order valence-electron chi connectivity index (χ4n) is 1.03. The Morgan fingerprint density at radius 2 is 2.46 bits per heavy atom. The molecule has 3 nitrogen and oxygen atoms in total. The zero-order valence-electron chi connectivity index (χ0n) is 7.95. The van der Waals surface area contributed by atoms with E-state index in [1.165, 1.54) is 0 Å². The predicted molar refractivity (Wildman–Crippen MR) is 53.4 cm³/mol. The van der Waals surface area contributed by atoms with Crippen LogP contribution in [-0.2, 0) is 6.54 Å². The zero-order chi connectivity index (χ0) is 9.68. The SMILES string of the molecule is Cc1csc(CN(C)CCC#N)n1. The summed E-state index contributed by atoms with van der Waals surface area (Å²) in [5.74, 6) is 0. The van der Waals surface area contributed by atoms with Gasteiger partial charge in [0.05, 0.1) is 12.6 Å². The summed E-state index contributed by atoms with van der Waals surface area (Å²) in [7, 11) is 2.01. The molecule has 0 aromatic carbocycles. The molecule has 0 aliphatic carbocycles. The first kappa shape index (κ1) is 10.2. The summed E-state index contributed by atoms with van der Waals surface area (Å²) in [6, 6.07) is 2.13. The van der Waals surface area contributed by atoms with Crippen molar-refractivity contribution < 1.29 is 0 Å². The van der Waals surface area contributed by atoms with Crippen LogP contribution in [0, 0.1) is 18.3 Å². The van der Waals surface area contributed by atoms with E-state index in [2.05, 4.69) is 16.0 Å². The smallest absolute Gasteiger partial charge is 0.107 e. The van der Waals surface area contributed by atoms with Crippen LogP contribution in [0.2, 0.25) is 0 Å². The molecule has 0 saturated heterocycles. The van der Waals surface area contributed by atoms with Crippen LogP contribution in [-0.4, -0.2) is 23.5 Å². The second-order valence-corrected chi connectivity index (χ2v) is 3.97. The summed E-state index contributed by atoms with van der Waals surface area (Å²) in [5.41, 5.74) is 1.08. The van der Waals surface area contributed by atoms with Gasteiger partial charge in [-0.15, -0.1) is 11.3 Å². The molecule has 0 aliphatic heterocycles. The van der Waals surface area contributed by atoms with E-state index in [9.17, 15) is 0 Å². The normalized spacial score (nSPS) is 10.3. The summed E-state index contributed by atoms with van der Waals surface area (Å²) < 4.78 is 0. The van der Waals surface area contributed by atoms with Crippen LogP contribution in [0.4, 0.5) is 0 Å². The van der Waals surface area contributed by atoms with Crippen molar-refractivity contribution in [3.63, 3.8) is 0 Å². The van der Waals surface area contributed by atoms with Crippen LogP contribution in [0.15, 0.2) is 5.38 Å². The first-order valence-corrected chi connectivity index (χ1v) is 5.07. The van der Waals surface area contributed by atoms with Crippen LogP contribution >= 0.6 is 11.3 Å². The van der Waals surface area contributed by atoms with E-state index in [-0.39, 0.29) is 0 Å². The number of hydrogen-bond acceptors (Lipinski definition) is 4. The van der Waals surface area contributed by atoms with Gasteiger partial charge in [-0.25, -0.2) is 4.98 Å². The van der Waals surface area contributed by atoms with Crippen molar-refractivity contribution in [3.8, 4) is 6.07 Å². The van der Waals surface area contributed by atoms with Crippen molar-refractivity contribution in [2.45, 2.75) is 19.9 Å². The number of aryl methyl sites for hydroxylation is 1. The molecule has 4 heteroatoms. The lowest BCUT2D eigenvalue weighted by Crippen LogP contribution is -2.18. The Bertz CT molecular complexity index is 300. The molecule has 1 heterocycles. The molecule has 0 aliphatic rings. The Morgan fingerprint density at radius 3 is 3.00 bits per heavy atom. The van der Waals surface area contributed by atoms with Gasteiger partial charge in [-0.3, -0.25) is 4.90 Å².